The minimum Gasteiger partial charge on any atom is -0.293 e. The first-order chi connectivity index (χ1) is 10.6. The van der Waals surface area contributed by atoms with Crippen LogP contribution in [0.15, 0.2) is 54.6 Å². The lowest BCUT2D eigenvalue weighted by Gasteiger charge is -2.03. The van der Waals surface area contributed by atoms with Crippen LogP contribution < -0.4 is 0 Å². The molecule has 5 nitrogen and oxygen atoms in total. The maximum absolute atomic E-state index is 12.8. The summed E-state index contributed by atoms with van der Waals surface area (Å²) >= 11 is 0. The van der Waals surface area contributed by atoms with Crippen molar-refractivity contribution in [1.29, 1.82) is 0 Å². The molecule has 0 unspecified atom stereocenters. The Bertz CT molecular complexity index is 793. The van der Waals surface area contributed by atoms with Crippen molar-refractivity contribution in [2.45, 2.75) is 12.0 Å². The number of hydrogen-bond donors (Lipinski definition) is 0. The van der Waals surface area contributed by atoms with Gasteiger partial charge in [-0.1, -0.05) is 54.6 Å². The largest absolute Gasteiger partial charge is 0.293 e. The van der Waals surface area contributed by atoms with Crippen molar-refractivity contribution in [3.8, 4) is 0 Å². The second kappa shape index (κ2) is 4.10. The Labute approximate surface area is 125 Å². The molecule has 0 saturated heterocycles. The number of carbonyl (C=O) groups is 2. The maximum Gasteiger partial charge on any atom is 0.242 e. The number of hydrogen-bond acceptors (Lipinski definition) is 4. The lowest BCUT2D eigenvalue weighted by atomic mass is 9.93. The number of nitrogens with zero attached hydrogens (tertiary/aromatic N) is 1. The van der Waals surface area contributed by atoms with E-state index >= 15 is 0 Å². The van der Waals surface area contributed by atoms with E-state index in [4.69, 9.17) is 0 Å². The van der Waals surface area contributed by atoms with Gasteiger partial charge in [0.2, 0.25) is 6.04 Å². The number of carbonyl (C=O) groups excluding carboxylic acids is 2. The molecular formula is C17H11NO4. The Kier molecular flexibility index (Phi) is 2.40. The van der Waals surface area contributed by atoms with Crippen molar-refractivity contribution in [2.24, 2.45) is 5.41 Å². The molecule has 2 aliphatic rings. The lowest BCUT2D eigenvalue weighted by Crippen LogP contribution is -2.25. The molecule has 0 bridgehead atoms. The van der Waals surface area contributed by atoms with E-state index < -0.39 is 33.9 Å². The van der Waals surface area contributed by atoms with E-state index in [0.29, 0.717) is 16.7 Å². The highest BCUT2D eigenvalue weighted by Crippen LogP contribution is 2.66. The second-order valence-electron chi connectivity index (χ2n) is 5.69. The number of Topliss-reactive ketones (excluding diaryl/α,β-unsaturated/α-hetero) is 2. The van der Waals surface area contributed by atoms with Crippen LogP contribution in [-0.2, 0) is 0 Å². The molecule has 0 aliphatic heterocycles. The van der Waals surface area contributed by atoms with Crippen LogP contribution in [0.4, 0.5) is 0 Å². The van der Waals surface area contributed by atoms with Gasteiger partial charge < -0.3 is 0 Å². The Hall–Kier alpha value is -2.82. The smallest absolute Gasteiger partial charge is 0.242 e. The molecule has 4 rings (SSSR count). The molecule has 5 heteroatoms. The number of fused-ring (bicyclic) bond motifs is 1. The molecule has 1 saturated carbocycles. The topological polar surface area (TPSA) is 77.3 Å². The highest BCUT2D eigenvalue weighted by molar-refractivity contribution is 6.33. The number of rotatable bonds is 2. The molecule has 108 valence electrons. The van der Waals surface area contributed by atoms with Crippen molar-refractivity contribution in [3.63, 3.8) is 0 Å². The summed E-state index contributed by atoms with van der Waals surface area (Å²) in [6.07, 6.45) is 0. The predicted molar refractivity (Wildman–Crippen MR) is 77.5 cm³/mol. The third-order valence-corrected chi connectivity index (χ3v) is 4.72. The van der Waals surface area contributed by atoms with Crippen molar-refractivity contribution < 1.29 is 14.5 Å². The first-order valence-electron chi connectivity index (χ1n) is 6.97. The normalized spacial score (nSPS) is 24.4. The highest BCUT2D eigenvalue weighted by atomic mass is 16.6. The van der Waals surface area contributed by atoms with Crippen molar-refractivity contribution in [1.82, 2.24) is 0 Å². The van der Waals surface area contributed by atoms with E-state index in [1.165, 1.54) is 0 Å². The Morgan fingerprint density at radius 3 is 1.86 bits per heavy atom. The third kappa shape index (κ3) is 1.33. The van der Waals surface area contributed by atoms with Gasteiger partial charge in [-0.3, -0.25) is 19.7 Å². The average molecular weight is 293 g/mol. The summed E-state index contributed by atoms with van der Waals surface area (Å²) in [5.41, 5.74) is -0.275. The number of ketones is 2. The average Bonchev–Trinajstić information content (AvgIpc) is 3.20. The molecule has 0 radical (unpaired) electrons. The lowest BCUT2D eigenvalue weighted by molar-refractivity contribution is -0.500. The predicted octanol–water partition coefficient (Wildman–Crippen LogP) is 2.49. The van der Waals surface area contributed by atoms with E-state index in [0.717, 1.165) is 0 Å². The quantitative estimate of drug-likeness (QED) is 0.484. The Morgan fingerprint density at radius 2 is 1.36 bits per heavy atom. The van der Waals surface area contributed by atoms with Crippen LogP contribution in [0.2, 0.25) is 0 Å². The number of benzene rings is 2. The molecule has 1 spiro atoms. The van der Waals surface area contributed by atoms with Gasteiger partial charge in [0.05, 0.1) is 5.92 Å². The van der Waals surface area contributed by atoms with E-state index in [2.05, 4.69) is 0 Å². The monoisotopic (exact) mass is 293 g/mol. The molecule has 0 aromatic heterocycles. The molecule has 2 aliphatic carbocycles. The zero-order chi connectivity index (χ0) is 15.5. The van der Waals surface area contributed by atoms with Crippen molar-refractivity contribution in [3.05, 3.63) is 81.4 Å². The zero-order valence-electron chi connectivity index (χ0n) is 11.4. The summed E-state index contributed by atoms with van der Waals surface area (Å²) in [5.74, 6) is -1.51. The van der Waals surface area contributed by atoms with Crippen LogP contribution in [0.3, 0.4) is 0 Å². The van der Waals surface area contributed by atoms with Gasteiger partial charge in [-0.2, -0.15) is 0 Å². The van der Waals surface area contributed by atoms with Crippen LogP contribution in [0, 0.1) is 15.5 Å². The van der Waals surface area contributed by atoms with E-state index in [1.54, 1.807) is 54.6 Å². The molecule has 22 heavy (non-hydrogen) atoms. The highest BCUT2D eigenvalue weighted by Gasteiger charge is 2.84. The molecule has 2 aromatic carbocycles. The van der Waals surface area contributed by atoms with Gasteiger partial charge >= 0.3 is 0 Å². The maximum atomic E-state index is 12.8. The molecule has 0 amide bonds. The van der Waals surface area contributed by atoms with Crippen LogP contribution in [0.5, 0.6) is 0 Å². The van der Waals surface area contributed by atoms with Crippen LogP contribution >= 0.6 is 0 Å². The Morgan fingerprint density at radius 1 is 0.864 bits per heavy atom. The van der Waals surface area contributed by atoms with Crippen molar-refractivity contribution >= 4 is 11.6 Å². The van der Waals surface area contributed by atoms with Crippen LogP contribution in [0.25, 0.3) is 0 Å². The molecule has 1 fully saturated rings. The fourth-order valence-corrected chi connectivity index (χ4v) is 3.74. The Balaban J connectivity index is 1.90. The van der Waals surface area contributed by atoms with E-state index in [1.807, 2.05) is 0 Å². The summed E-state index contributed by atoms with van der Waals surface area (Å²) < 4.78 is 0. The fraction of sp³-hybridized carbons (Fsp3) is 0.176. The second-order valence-corrected chi connectivity index (χ2v) is 5.69. The molecule has 2 aromatic rings. The zero-order valence-corrected chi connectivity index (χ0v) is 11.4. The minimum atomic E-state index is -1.55. The van der Waals surface area contributed by atoms with Gasteiger partial charge in [-0.15, -0.1) is 0 Å². The molecular weight excluding hydrogens is 282 g/mol. The molecule has 2 atom stereocenters. The summed E-state index contributed by atoms with van der Waals surface area (Å²) in [6.45, 7) is 0. The minimum absolute atomic E-state index is 0.304. The van der Waals surface area contributed by atoms with Crippen molar-refractivity contribution in [2.75, 3.05) is 0 Å². The van der Waals surface area contributed by atoms with E-state index in [9.17, 15) is 19.7 Å². The van der Waals surface area contributed by atoms with Crippen LogP contribution in [-0.4, -0.2) is 22.5 Å². The first kappa shape index (κ1) is 12.9. The fourth-order valence-electron chi connectivity index (χ4n) is 3.74. The van der Waals surface area contributed by atoms with E-state index in [-0.39, 0.29) is 0 Å². The third-order valence-electron chi connectivity index (χ3n) is 4.72. The van der Waals surface area contributed by atoms with Gasteiger partial charge in [-0.25, -0.2) is 0 Å². The van der Waals surface area contributed by atoms with Gasteiger partial charge in [0, 0.05) is 16.1 Å². The van der Waals surface area contributed by atoms with Gasteiger partial charge in [-0.05, 0) is 5.56 Å². The van der Waals surface area contributed by atoms with Gasteiger partial charge in [0.1, 0.15) is 0 Å². The summed E-state index contributed by atoms with van der Waals surface area (Å²) in [4.78, 5) is 36.5. The number of nitro groups is 1. The van der Waals surface area contributed by atoms with Crippen LogP contribution in [0.1, 0.15) is 32.2 Å². The summed E-state index contributed by atoms with van der Waals surface area (Å²) in [7, 11) is 0. The van der Waals surface area contributed by atoms with Gasteiger partial charge in [0.15, 0.2) is 17.0 Å². The SMILES string of the molecule is O=C1c2ccccc2C(=O)C12[C@H](c1ccccc1)[C@@H]2[N+](=O)[O-]. The molecule has 0 heterocycles. The summed E-state index contributed by atoms with van der Waals surface area (Å²) in [5, 5.41) is 11.4. The van der Waals surface area contributed by atoms with Gasteiger partial charge in [0.25, 0.3) is 0 Å². The summed E-state index contributed by atoms with van der Waals surface area (Å²) in [6, 6.07) is 14.1. The molecule has 0 N–H and O–H groups in total. The first-order valence-corrected chi connectivity index (χ1v) is 6.97. The standard InChI is InChI=1S/C17H11NO4/c19-15-11-8-4-5-9-12(11)16(20)17(15)13(14(17)18(21)22)10-6-2-1-3-7-10/h1-9,13-14H/t13-,14+/m1/s1.